The van der Waals surface area contributed by atoms with E-state index in [0.29, 0.717) is 22.7 Å². The smallest absolute Gasteiger partial charge is 0.243 e. The van der Waals surface area contributed by atoms with E-state index in [1.54, 1.807) is 6.07 Å². The zero-order chi connectivity index (χ0) is 52.2. The van der Waals surface area contributed by atoms with Crippen molar-refractivity contribution in [1.29, 1.82) is 0 Å². The van der Waals surface area contributed by atoms with Gasteiger partial charge >= 0.3 is 0 Å². The highest BCUT2D eigenvalue weighted by atomic mass is 19.1. The average molecular weight is 994 g/mol. The Hall–Kier alpha value is -9.19. The van der Waals surface area contributed by atoms with Crippen LogP contribution >= 0.6 is 0 Å². The third-order valence-electron chi connectivity index (χ3n) is 16.2. The summed E-state index contributed by atoms with van der Waals surface area (Å²) in [5.41, 5.74) is 20.4. The summed E-state index contributed by atoms with van der Waals surface area (Å²) < 4.78 is 31.9. The predicted molar refractivity (Wildman–Crippen MR) is 323 cm³/mol. The molecular weight excluding hydrogens is 941 g/mol. The Morgan fingerprint density at radius 1 is 0.403 bits per heavy atom. The first-order valence-electron chi connectivity index (χ1n) is 26.6. The number of furan rings is 1. The molecule has 0 radical (unpaired) electrons. The van der Waals surface area contributed by atoms with E-state index < -0.39 is 0 Å². The fourth-order valence-electron chi connectivity index (χ4n) is 13.2. The molecule has 0 atom stereocenters. The monoisotopic (exact) mass is 993 g/mol. The maximum Gasteiger partial charge on any atom is 0.243 e. The molecule has 77 heavy (non-hydrogen) atoms. The lowest BCUT2D eigenvalue weighted by molar-refractivity contribution is 0.487. The third kappa shape index (κ3) is 7.47. The number of halogens is 1. The second-order valence-electron chi connectivity index (χ2n) is 21.2. The molecule has 0 unspecified atom stereocenters. The van der Waals surface area contributed by atoms with Crippen LogP contribution in [-0.4, -0.2) is 6.71 Å². The van der Waals surface area contributed by atoms with Crippen molar-refractivity contribution in [2.45, 2.75) is 41.5 Å². The Morgan fingerprint density at radius 2 is 0.987 bits per heavy atom. The molecule has 1 aromatic heterocycles. The first kappa shape index (κ1) is 46.4. The van der Waals surface area contributed by atoms with E-state index in [1.807, 2.05) is 95.9 Å². The van der Waals surface area contributed by atoms with Gasteiger partial charge < -0.3 is 14.1 Å². The largest absolute Gasteiger partial charge is 0.456 e. The number of ether oxygens (including phenoxy) is 1. The molecule has 13 aromatic rings. The molecule has 12 aromatic carbocycles. The Balaban J connectivity index is 1.01. The van der Waals surface area contributed by atoms with Gasteiger partial charge in [0.15, 0.2) is 5.58 Å². The first-order chi connectivity index (χ1) is 37.6. The zero-order valence-electron chi connectivity index (χ0n) is 43.9. The first-order valence-corrected chi connectivity index (χ1v) is 26.6. The molecule has 0 N–H and O–H groups in total. The molecule has 3 nitrogen and oxygen atoms in total. The van der Waals surface area contributed by atoms with Crippen molar-refractivity contribution in [2.24, 2.45) is 0 Å². The summed E-state index contributed by atoms with van der Waals surface area (Å²) in [6.45, 7) is 13.5. The second kappa shape index (κ2) is 18.0. The standard InChI is InChI=1S/C72H53BFNO2/c1-42-33-44(3)69(45(4)34-42)73(70-46(5)35-43(2)36-47(70)6)62-41-60-56-26-18-30-66-68(56)61(40-59(60)52-23-13-14-24-53(52)62)55-32-31-51(39-67(55)76-66)75(64-28-17-27-57-54-25-15-16-29-65(54)77-72(57)64)71-58(49-21-11-8-12-22-49)37-50(38-63(71)74)48-19-9-7-10-20-48/h7-41H,1-6H3. The molecule has 0 saturated heterocycles. The molecular formula is C72H53BFNO2. The summed E-state index contributed by atoms with van der Waals surface area (Å²) in [6.07, 6.45) is 0. The van der Waals surface area contributed by atoms with Gasteiger partial charge in [-0.3, -0.25) is 0 Å². The van der Waals surface area contributed by atoms with E-state index in [1.165, 1.54) is 71.3 Å². The number of hydrogen-bond acceptors (Lipinski definition) is 3. The number of aryl methyl sites for hydroxylation is 6. The van der Waals surface area contributed by atoms with Crippen molar-refractivity contribution in [2.75, 3.05) is 4.90 Å². The van der Waals surface area contributed by atoms with Crippen LogP contribution in [0.3, 0.4) is 0 Å². The van der Waals surface area contributed by atoms with Crippen molar-refractivity contribution in [3.63, 3.8) is 0 Å². The van der Waals surface area contributed by atoms with Crippen LogP contribution in [0.25, 0.3) is 87.6 Å². The van der Waals surface area contributed by atoms with Gasteiger partial charge in [-0.05, 0) is 139 Å². The third-order valence-corrected chi connectivity index (χ3v) is 16.2. The van der Waals surface area contributed by atoms with Crippen LogP contribution in [0, 0.1) is 47.4 Å². The lowest BCUT2D eigenvalue weighted by Crippen LogP contribution is -2.56. The van der Waals surface area contributed by atoms with Crippen molar-refractivity contribution >= 4 is 94.4 Å². The summed E-state index contributed by atoms with van der Waals surface area (Å²) in [5, 5.41) is 8.95. The van der Waals surface area contributed by atoms with Gasteiger partial charge in [-0.2, -0.15) is 0 Å². The van der Waals surface area contributed by atoms with Crippen molar-refractivity contribution in [3.05, 3.63) is 252 Å². The van der Waals surface area contributed by atoms with E-state index in [4.69, 9.17) is 9.15 Å². The molecule has 5 heteroatoms. The Bertz CT molecular complexity index is 4470. The lowest BCUT2D eigenvalue weighted by Gasteiger charge is -2.30. The average Bonchev–Trinajstić information content (AvgIpc) is 3.89. The van der Waals surface area contributed by atoms with E-state index in [-0.39, 0.29) is 12.5 Å². The lowest BCUT2D eigenvalue weighted by atomic mass is 9.33. The molecule has 0 aliphatic carbocycles. The fourth-order valence-corrected chi connectivity index (χ4v) is 13.2. The van der Waals surface area contributed by atoms with Gasteiger partial charge in [0, 0.05) is 33.4 Å². The minimum absolute atomic E-state index is 0.0122. The van der Waals surface area contributed by atoms with Gasteiger partial charge in [0.25, 0.3) is 0 Å². The molecule has 0 fully saturated rings. The van der Waals surface area contributed by atoms with E-state index >= 15 is 4.39 Å². The van der Waals surface area contributed by atoms with Gasteiger partial charge in [-0.15, -0.1) is 0 Å². The van der Waals surface area contributed by atoms with E-state index in [9.17, 15) is 0 Å². The number of benzene rings is 12. The van der Waals surface area contributed by atoms with Gasteiger partial charge in [0.05, 0.1) is 17.1 Å². The minimum atomic E-state index is -0.368. The topological polar surface area (TPSA) is 25.6 Å². The second-order valence-corrected chi connectivity index (χ2v) is 21.2. The maximum atomic E-state index is 18.0. The Kier molecular flexibility index (Phi) is 10.8. The van der Waals surface area contributed by atoms with E-state index in [0.717, 1.165) is 71.9 Å². The quantitative estimate of drug-likeness (QED) is 0.112. The van der Waals surface area contributed by atoms with Crippen molar-refractivity contribution < 1.29 is 13.5 Å². The van der Waals surface area contributed by atoms with Gasteiger partial charge in [-0.1, -0.05) is 207 Å². The van der Waals surface area contributed by atoms with Crippen LogP contribution in [-0.2, 0) is 0 Å². The molecule has 0 saturated carbocycles. The molecule has 0 amide bonds. The number of nitrogens with zero attached hydrogens (tertiary/aromatic N) is 1. The van der Waals surface area contributed by atoms with Crippen LogP contribution in [0.15, 0.2) is 217 Å². The van der Waals surface area contributed by atoms with Gasteiger partial charge in [-0.25, -0.2) is 4.39 Å². The maximum absolute atomic E-state index is 18.0. The van der Waals surface area contributed by atoms with Crippen LogP contribution < -0.4 is 26.0 Å². The summed E-state index contributed by atoms with van der Waals surface area (Å²) >= 11 is 0. The van der Waals surface area contributed by atoms with Gasteiger partial charge in [0.1, 0.15) is 22.9 Å². The number of hydrogen-bond donors (Lipinski definition) is 0. The van der Waals surface area contributed by atoms with Crippen molar-refractivity contribution in [1.82, 2.24) is 0 Å². The molecule has 14 rings (SSSR count). The number of anilines is 3. The highest BCUT2D eigenvalue weighted by Gasteiger charge is 2.33. The molecule has 0 spiro atoms. The number of para-hydroxylation sites is 2. The minimum Gasteiger partial charge on any atom is -0.456 e. The zero-order valence-corrected chi connectivity index (χ0v) is 43.9. The number of fused-ring (bicyclic) bond motifs is 9. The molecule has 1 aliphatic rings. The Morgan fingerprint density at radius 3 is 1.69 bits per heavy atom. The Labute approximate surface area is 448 Å². The molecule has 2 heterocycles. The van der Waals surface area contributed by atoms with Gasteiger partial charge in [0.2, 0.25) is 6.71 Å². The predicted octanol–water partition coefficient (Wildman–Crippen LogP) is 18.1. The molecule has 0 bridgehead atoms. The van der Waals surface area contributed by atoms with Crippen molar-refractivity contribution in [3.8, 4) is 44.9 Å². The highest BCUT2D eigenvalue weighted by molar-refractivity contribution is 6.98. The number of rotatable bonds is 8. The SMILES string of the molecule is Cc1cc(C)c(B(c2c(C)cc(C)cc2C)c2cc3c4cccc5c4c(cc3c3ccccc23)-c2ccc(N(c3c(F)cc(-c4ccccc4)cc3-c3ccccc3)c3cccc4c3oc3ccccc34)cc2O5)c(C)c1. The fraction of sp³-hybridized carbons (Fsp3) is 0.0833. The summed E-state index contributed by atoms with van der Waals surface area (Å²) in [4.78, 5) is 2.03. The van der Waals surface area contributed by atoms with Crippen LogP contribution in [0.4, 0.5) is 21.5 Å². The molecule has 368 valence electrons. The van der Waals surface area contributed by atoms with Crippen LogP contribution in [0.2, 0.25) is 0 Å². The molecule has 1 aliphatic heterocycles. The summed E-state index contributed by atoms with van der Waals surface area (Å²) in [5.74, 6) is 1.09. The highest BCUT2D eigenvalue weighted by Crippen LogP contribution is 2.53. The van der Waals surface area contributed by atoms with Crippen LogP contribution in [0.5, 0.6) is 11.5 Å². The normalized spacial score (nSPS) is 11.9. The van der Waals surface area contributed by atoms with Crippen LogP contribution in [0.1, 0.15) is 33.4 Å². The van der Waals surface area contributed by atoms with E-state index in [2.05, 4.69) is 157 Å². The summed E-state index contributed by atoms with van der Waals surface area (Å²) in [7, 11) is 0. The summed E-state index contributed by atoms with van der Waals surface area (Å²) in [6, 6.07) is 74.1.